The molecule has 0 aliphatic carbocycles. The van der Waals surface area contributed by atoms with Crippen molar-refractivity contribution in [3.63, 3.8) is 0 Å². The fraction of sp³-hybridized carbons (Fsp3) is 0.211. The van der Waals surface area contributed by atoms with Gasteiger partial charge >= 0.3 is 0 Å². The van der Waals surface area contributed by atoms with Gasteiger partial charge in [0.1, 0.15) is 5.52 Å². The highest BCUT2D eigenvalue weighted by Crippen LogP contribution is 2.25. The van der Waals surface area contributed by atoms with E-state index in [0.717, 1.165) is 17.3 Å². The van der Waals surface area contributed by atoms with Crippen LogP contribution in [-0.4, -0.2) is 27.8 Å². The van der Waals surface area contributed by atoms with Crippen LogP contribution in [-0.2, 0) is 0 Å². The molecule has 6 heteroatoms. The first-order chi connectivity index (χ1) is 12.1. The number of nitrogens with one attached hydrogen (secondary N) is 1. The molecule has 1 unspecified atom stereocenters. The maximum atomic E-state index is 12.5. The Morgan fingerprint density at radius 2 is 1.96 bits per heavy atom. The molecule has 0 aliphatic heterocycles. The van der Waals surface area contributed by atoms with Crippen LogP contribution in [0.1, 0.15) is 24.2 Å². The molecule has 25 heavy (non-hydrogen) atoms. The first kappa shape index (κ1) is 17.2. The third-order valence-corrected chi connectivity index (χ3v) is 4.37. The van der Waals surface area contributed by atoms with Crippen LogP contribution < -0.4 is 5.32 Å². The quantitative estimate of drug-likeness (QED) is 0.682. The molecule has 0 spiro atoms. The van der Waals surface area contributed by atoms with Crippen LogP contribution in [0.15, 0.2) is 52.9 Å². The van der Waals surface area contributed by atoms with Crippen LogP contribution in [0.25, 0.3) is 22.6 Å². The average Bonchev–Trinajstić information content (AvgIpc) is 3.05. The lowest BCUT2D eigenvalue weighted by Gasteiger charge is -2.12. The van der Waals surface area contributed by atoms with E-state index >= 15 is 0 Å². The van der Waals surface area contributed by atoms with E-state index in [-0.39, 0.29) is 11.0 Å². The minimum Gasteiger partial charge on any atom is -0.436 e. The third-order valence-electron chi connectivity index (χ3n) is 3.70. The van der Waals surface area contributed by atoms with Crippen molar-refractivity contribution in [1.82, 2.24) is 10.3 Å². The fourth-order valence-electron chi connectivity index (χ4n) is 2.45. The highest BCUT2D eigenvalue weighted by atomic mass is 32.2. The van der Waals surface area contributed by atoms with Crippen molar-refractivity contribution in [1.29, 1.82) is 0 Å². The zero-order valence-electron chi connectivity index (χ0n) is 14.0. The number of hydrogen-bond acceptors (Lipinski definition) is 5. The van der Waals surface area contributed by atoms with E-state index in [4.69, 9.17) is 4.42 Å². The molecule has 1 amide bonds. The van der Waals surface area contributed by atoms with E-state index < -0.39 is 6.04 Å². The van der Waals surface area contributed by atoms with Gasteiger partial charge in [-0.2, -0.15) is 0 Å². The second-order valence-electron chi connectivity index (χ2n) is 5.52. The number of rotatable bonds is 5. The summed E-state index contributed by atoms with van der Waals surface area (Å²) in [5.74, 6) is 1.02. The van der Waals surface area contributed by atoms with Crippen LogP contribution in [0, 0.1) is 0 Å². The summed E-state index contributed by atoms with van der Waals surface area (Å²) in [7, 11) is 0. The van der Waals surface area contributed by atoms with Crippen molar-refractivity contribution < 1.29 is 14.0 Å². The summed E-state index contributed by atoms with van der Waals surface area (Å²) in [4.78, 5) is 28.6. The third kappa shape index (κ3) is 3.91. The lowest BCUT2D eigenvalue weighted by molar-refractivity contribution is 0.0956. The van der Waals surface area contributed by atoms with E-state index in [1.807, 2.05) is 37.3 Å². The number of oxazole rings is 1. The van der Waals surface area contributed by atoms with E-state index in [2.05, 4.69) is 10.3 Å². The molecule has 2 aromatic carbocycles. The maximum absolute atomic E-state index is 12.5. The SMILES string of the molecule is CCSC(=O)NC(C)C(=O)c1ccc2nc(-c3ccccc3)oc2c1. The summed E-state index contributed by atoms with van der Waals surface area (Å²) in [5.41, 5.74) is 2.60. The zero-order chi connectivity index (χ0) is 17.8. The van der Waals surface area contributed by atoms with Gasteiger partial charge in [0.2, 0.25) is 5.89 Å². The highest BCUT2D eigenvalue weighted by Gasteiger charge is 2.19. The van der Waals surface area contributed by atoms with Gasteiger partial charge in [0, 0.05) is 11.1 Å². The Balaban J connectivity index is 1.83. The normalized spacial score (nSPS) is 12.1. The van der Waals surface area contributed by atoms with Crippen molar-refractivity contribution in [3.8, 4) is 11.5 Å². The first-order valence-electron chi connectivity index (χ1n) is 8.02. The molecule has 1 aromatic heterocycles. The van der Waals surface area contributed by atoms with Crippen LogP contribution in [0.4, 0.5) is 4.79 Å². The maximum Gasteiger partial charge on any atom is 0.279 e. The number of aromatic nitrogens is 1. The fourth-order valence-corrected chi connectivity index (χ4v) is 2.97. The number of fused-ring (bicyclic) bond motifs is 1. The summed E-state index contributed by atoms with van der Waals surface area (Å²) in [6.45, 7) is 3.56. The predicted molar refractivity (Wildman–Crippen MR) is 99.9 cm³/mol. The number of thioether (sulfide) groups is 1. The summed E-state index contributed by atoms with van der Waals surface area (Å²) in [6.07, 6.45) is 0. The molecule has 0 aliphatic rings. The molecule has 0 fully saturated rings. The van der Waals surface area contributed by atoms with Crippen LogP contribution in [0.2, 0.25) is 0 Å². The van der Waals surface area contributed by atoms with Gasteiger partial charge in [-0.15, -0.1) is 0 Å². The minimum atomic E-state index is -0.597. The standard InChI is InChI=1S/C19H18N2O3S/c1-3-25-19(23)20-12(2)17(22)14-9-10-15-16(11-14)24-18(21-15)13-7-5-4-6-8-13/h4-12H,3H2,1-2H3,(H,20,23). The zero-order valence-corrected chi connectivity index (χ0v) is 14.8. The Labute approximate surface area is 149 Å². The number of Topliss-reactive ketones (excluding diaryl/α,β-unsaturated/α-hetero) is 1. The topological polar surface area (TPSA) is 72.2 Å². The number of hydrogen-bond donors (Lipinski definition) is 1. The van der Waals surface area contributed by atoms with Crippen molar-refractivity contribution in [2.45, 2.75) is 19.9 Å². The van der Waals surface area contributed by atoms with Crippen LogP contribution in [0.3, 0.4) is 0 Å². The van der Waals surface area contributed by atoms with E-state index in [9.17, 15) is 9.59 Å². The first-order valence-corrected chi connectivity index (χ1v) is 9.00. The summed E-state index contributed by atoms with van der Waals surface area (Å²) < 4.78 is 5.79. The largest absolute Gasteiger partial charge is 0.436 e. The van der Waals surface area contributed by atoms with E-state index in [1.54, 1.807) is 25.1 Å². The smallest absolute Gasteiger partial charge is 0.279 e. The Kier molecular flexibility index (Phi) is 5.19. The number of amides is 1. The lowest BCUT2D eigenvalue weighted by atomic mass is 10.1. The summed E-state index contributed by atoms with van der Waals surface area (Å²) >= 11 is 1.14. The number of nitrogens with zero attached hydrogens (tertiary/aromatic N) is 1. The molecular formula is C19H18N2O3S. The van der Waals surface area contributed by atoms with Gasteiger partial charge in [0.05, 0.1) is 6.04 Å². The number of benzene rings is 2. The van der Waals surface area contributed by atoms with E-state index in [1.165, 1.54) is 0 Å². The van der Waals surface area contributed by atoms with Gasteiger partial charge in [-0.05, 0) is 43.0 Å². The van der Waals surface area contributed by atoms with Gasteiger partial charge in [-0.3, -0.25) is 9.59 Å². The molecule has 128 valence electrons. The van der Waals surface area contributed by atoms with Gasteiger partial charge in [0.15, 0.2) is 11.4 Å². The van der Waals surface area contributed by atoms with Gasteiger partial charge in [-0.25, -0.2) is 4.98 Å². The molecule has 1 N–H and O–H groups in total. The summed E-state index contributed by atoms with van der Waals surface area (Å²) in [6, 6.07) is 14.1. The van der Waals surface area contributed by atoms with Crippen LogP contribution in [0.5, 0.6) is 0 Å². The predicted octanol–water partition coefficient (Wildman–Crippen LogP) is 4.53. The highest BCUT2D eigenvalue weighted by molar-refractivity contribution is 8.13. The Morgan fingerprint density at radius 1 is 1.20 bits per heavy atom. The van der Waals surface area contributed by atoms with Crippen molar-refractivity contribution in [2.75, 3.05) is 5.75 Å². The molecule has 3 aromatic rings. The molecule has 0 saturated heterocycles. The number of ketones is 1. The lowest BCUT2D eigenvalue weighted by Crippen LogP contribution is -2.36. The van der Waals surface area contributed by atoms with Crippen LogP contribution >= 0.6 is 11.8 Å². The Hall–Kier alpha value is -2.60. The number of carbonyl (C=O) groups is 2. The van der Waals surface area contributed by atoms with Gasteiger partial charge in [-0.1, -0.05) is 36.9 Å². The average molecular weight is 354 g/mol. The Bertz CT molecular complexity index is 905. The summed E-state index contributed by atoms with van der Waals surface area (Å²) in [5, 5.41) is 2.49. The molecule has 0 radical (unpaired) electrons. The molecule has 0 bridgehead atoms. The molecule has 1 atom stereocenters. The second-order valence-corrected chi connectivity index (χ2v) is 6.76. The molecular weight excluding hydrogens is 336 g/mol. The van der Waals surface area contributed by atoms with Gasteiger partial charge < -0.3 is 9.73 Å². The molecule has 5 nitrogen and oxygen atoms in total. The molecule has 1 heterocycles. The monoisotopic (exact) mass is 354 g/mol. The minimum absolute atomic E-state index is 0.162. The van der Waals surface area contributed by atoms with Gasteiger partial charge in [0.25, 0.3) is 5.24 Å². The molecule has 3 rings (SSSR count). The van der Waals surface area contributed by atoms with Crippen molar-refractivity contribution in [2.24, 2.45) is 0 Å². The van der Waals surface area contributed by atoms with E-state index in [0.29, 0.717) is 28.3 Å². The Morgan fingerprint density at radius 3 is 2.68 bits per heavy atom. The van der Waals surface area contributed by atoms with Crippen molar-refractivity contribution in [3.05, 3.63) is 54.1 Å². The van der Waals surface area contributed by atoms with Crippen molar-refractivity contribution >= 4 is 33.9 Å². The second kappa shape index (κ2) is 7.53. The number of carbonyl (C=O) groups excluding carboxylic acids is 2. The molecule has 0 saturated carbocycles.